The molecule has 0 unspecified atom stereocenters. The van der Waals surface area contributed by atoms with Gasteiger partial charge in [-0.2, -0.15) is 13.2 Å². The Morgan fingerprint density at radius 1 is 1.35 bits per heavy atom. The predicted molar refractivity (Wildman–Crippen MR) is 57.8 cm³/mol. The van der Waals surface area contributed by atoms with Gasteiger partial charge in [0.1, 0.15) is 5.65 Å². The monoisotopic (exact) mass is 243 g/mol. The van der Waals surface area contributed by atoms with E-state index in [2.05, 4.69) is 10.3 Å². The van der Waals surface area contributed by atoms with Crippen LogP contribution in [0.25, 0.3) is 5.65 Å². The molecular formula is C11H12F3N3. The van der Waals surface area contributed by atoms with E-state index < -0.39 is 11.7 Å². The highest BCUT2D eigenvalue weighted by Crippen LogP contribution is 2.29. The molecule has 2 aromatic rings. The number of aromatic nitrogens is 2. The number of hydrogen-bond donors (Lipinski definition) is 1. The number of hydrogen-bond acceptors (Lipinski definition) is 2. The number of nitrogens with zero attached hydrogens (tertiary/aromatic N) is 2. The molecule has 0 aromatic carbocycles. The fourth-order valence-electron chi connectivity index (χ4n) is 1.64. The zero-order valence-electron chi connectivity index (χ0n) is 9.25. The lowest BCUT2D eigenvalue weighted by Gasteiger charge is -2.08. The Labute approximate surface area is 96.3 Å². The summed E-state index contributed by atoms with van der Waals surface area (Å²) in [4.78, 5) is 4.06. The molecule has 0 saturated carbocycles. The number of fused-ring (bicyclic) bond motifs is 1. The smallest absolute Gasteiger partial charge is 0.319 e. The summed E-state index contributed by atoms with van der Waals surface area (Å²) in [7, 11) is 1.80. The molecule has 0 saturated heterocycles. The van der Waals surface area contributed by atoms with E-state index in [4.69, 9.17) is 0 Å². The Bertz CT molecular complexity index is 516. The fraction of sp³-hybridized carbons (Fsp3) is 0.364. The Morgan fingerprint density at radius 3 is 2.76 bits per heavy atom. The summed E-state index contributed by atoms with van der Waals surface area (Å²) in [6.07, 6.45) is -0.988. The van der Waals surface area contributed by atoms with Crippen LogP contribution in [0.2, 0.25) is 0 Å². The summed E-state index contributed by atoms with van der Waals surface area (Å²) in [5.74, 6) is 0. The number of rotatable bonds is 3. The molecule has 3 nitrogen and oxygen atoms in total. The lowest BCUT2D eigenvalue weighted by atomic mass is 10.2. The van der Waals surface area contributed by atoms with Gasteiger partial charge >= 0.3 is 6.18 Å². The molecule has 6 heteroatoms. The van der Waals surface area contributed by atoms with Gasteiger partial charge in [-0.25, -0.2) is 4.98 Å². The highest BCUT2D eigenvalue weighted by Gasteiger charge is 2.30. The minimum Gasteiger partial charge on any atom is -0.319 e. The molecule has 2 rings (SSSR count). The normalized spacial score (nSPS) is 12.2. The average Bonchev–Trinajstić information content (AvgIpc) is 2.67. The van der Waals surface area contributed by atoms with Crippen molar-refractivity contribution in [1.82, 2.24) is 14.7 Å². The van der Waals surface area contributed by atoms with Crippen LogP contribution in [0.5, 0.6) is 0 Å². The molecule has 0 aliphatic carbocycles. The molecule has 2 heterocycles. The van der Waals surface area contributed by atoms with E-state index in [0.717, 1.165) is 18.0 Å². The fourth-order valence-corrected chi connectivity index (χ4v) is 1.64. The van der Waals surface area contributed by atoms with Crippen LogP contribution in [-0.2, 0) is 12.6 Å². The van der Waals surface area contributed by atoms with E-state index in [9.17, 15) is 13.2 Å². The van der Waals surface area contributed by atoms with Crippen molar-refractivity contribution in [3.05, 3.63) is 35.8 Å². The van der Waals surface area contributed by atoms with Gasteiger partial charge < -0.3 is 9.72 Å². The van der Waals surface area contributed by atoms with Crippen LogP contribution in [0, 0.1) is 0 Å². The largest absolute Gasteiger partial charge is 0.417 e. The second-order valence-electron chi connectivity index (χ2n) is 3.75. The molecule has 0 aliphatic rings. The second kappa shape index (κ2) is 4.37. The number of nitrogens with one attached hydrogen (secondary N) is 1. The highest BCUT2D eigenvalue weighted by molar-refractivity contribution is 5.42. The van der Waals surface area contributed by atoms with Crippen molar-refractivity contribution < 1.29 is 13.2 Å². The molecule has 17 heavy (non-hydrogen) atoms. The van der Waals surface area contributed by atoms with E-state index in [1.807, 2.05) is 0 Å². The lowest BCUT2D eigenvalue weighted by Crippen LogP contribution is -2.12. The average molecular weight is 243 g/mol. The van der Waals surface area contributed by atoms with Crippen LogP contribution >= 0.6 is 0 Å². The van der Waals surface area contributed by atoms with Crippen LogP contribution in [-0.4, -0.2) is 23.0 Å². The third kappa shape index (κ3) is 2.41. The van der Waals surface area contributed by atoms with Gasteiger partial charge in [-0.05, 0) is 19.2 Å². The quantitative estimate of drug-likeness (QED) is 0.894. The minimum absolute atomic E-state index is 0.532. The van der Waals surface area contributed by atoms with Crippen molar-refractivity contribution in [2.75, 3.05) is 13.6 Å². The van der Waals surface area contributed by atoms with Crippen molar-refractivity contribution in [3.8, 4) is 0 Å². The van der Waals surface area contributed by atoms with Gasteiger partial charge in [-0.15, -0.1) is 0 Å². The molecule has 0 spiro atoms. The first-order chi connectivity index (χ1) is 8.02. The SMILES string of the molecule is CNCCc1cnc2ccc(C(F)(F)F)cn12. The molecule has 0 radical (unpaired) electrons. The maximum absolute atomic E-state index is 12.6. The number of pyridine rings is 1. The van der Waals surface area contributed by atoms with Crippen LogP contribution in [0.15, 0.2) is 24.5 Å². The number of alkyl halides is 3. The topological polar surface area (TPSA) is 29.3 Å². The van der Waals surface area contributed by atoms with Gasteiger partial charge in [-0.3, -0.25) is 0 Å². The van der Waals surface area contributed by atoms with Crippen molar-refractivity contribution in [2.24, 2.45) is 0 Å². The van der Waals surface area contributed by atoms with Crippen LogP contribution < -0.4 is 5.32 Å². The molecule has 1 N–H and O–H groups in total. The summed E-state index contributed by atoms with van der Waals surface area (Å²) in [6.45, 7) is 0.698. The van der Waals surface area contributed by atoms with E-state index >= 15 is 0 Å². The zero-order valence-corrected chi connectivity index (χ0v) is 9.25. The molecule has 0 aliphatic heterocycles. The number of halogens is 3. The van der Waals surface area contributed by atoms with Crippen LogP contribution in [0.3, 0.4) is 0 Å². The summed E-state index contributed by atoms with van der Waals surface area (Å²) < 4.78 is 39.2. The van der Waals surface area contributed by atoms with Crippen molar-refractivity contribution >= 4 is 5.65 Å². The summed E-state index contributed by atoms with van der Waals surface area (Å²) in [5, 5.41) is 2.95. The Morgan fingerprint density at radius 2 is 2.12 bits per heavy atom. The molecular weight excluding hydrogens is 231 g/mol. The van der Waals surface area contributed by atoms with Gasteiger partial charge in [-0.1, -0.05) is 0 Å². The van der Waals surface area contributed by atoms with E-state index in [1.54, 1.807) is 13.2 Å². The third-order valence-corrected chi connectivity index (χ3v) is 2.54. The van der Waals surface area contributed by atoms with Crippen molar-refractivity contribution in [1.29, 1.82) is 0 Å². The second-order valence-corrected chi connectivity index (χ2v) is 3.75. The number of imidazole rings is 1. The molecule has 92 valence electrons. The maximum Gasteiger partial charge on any atom is 0.417 e. The van der Waals surface area contributed by atoms with Crippen molar-refractivity contribution in [3.63, 3.8) is 0 Å². The predicted octanol–water partition coefficient (Wildman–Crippen LogP) is 2.12. The first-order valence-corrected chi connectivity index (χ1v) is 5.20. The van der Waals surface area contributed by atoms with Crippen molar-refractivity contribution in [2.45, 2.75) is 12.6 Å². The highest BCUT2D eigenvalue weighted by atomic mass is 19.4. The summed E-state index contributed by atoms with van der Waals surface area (Å²) in [5.41, 5.74) is 0.637. The van der Waals surface area contributed by atoms with Crippen LogP contribution in [0.4, 0.5) is 13.2 Å². The van der Waals surface area contributed by atoms with Gasteiger partial charge in [0.2, 0.25) is 0 Å². The molecule has 0 amide bonds. The molecule has 0 atom stereocenters. The first kappa shape index (κ1) is 11.9. The lowest BCUT2D eigenvalue weighted by molar-refractivity contribution is -0.137. The van der Waals surface area contributed by atoms with Gasteiger partial charge in [0.05, 0.1) is 5.56 Å². The van der Waals surface area contributed by atoms with E-state index in [-0.39, 0.29) is 0 Å². The summed E-state index contributed by atoms with van der Waals surface area (Å²) >= 11 is 0. The molecule has 0 fully saturated rings. The Kier molecular flexibility index (Phi) is 3.06. The maximum atomic E-state index is 12.6. The van der Waals surface area contributed by atoms with Gasteiger partial charge in [0.15, 0.2) is 0 Å². The Hall–Kier alpha value is -1.56. The van der Waals surface area contributed by atoms with Gasteiger partial charge in [0.25, 0.3) is 0 Å². The van der Waals surface area contributed by atoms with Crippen LogP contribution in [0.1, 0.15) is 11.3 Å². The van der Waals surface area contributed by atoms with E-state index in [0.29, 0.717) is 18.6 Å². The summed E-state index contributed by atoms with van der Waals surface area (Å²) in [6, 6.07) is 2.43. The molecule has 0 bridgehead atoms. The molecule has 2 aromatic heterocycles. The van der Waals surface area contributed by atoms with E-state index in [1.165, 1.54) is 10.5 Å². The Balaban J connectivity index is 2.43. The minimum atomic E-state index is -4.32. The standard InChI is InChI=1S/C11H12F3N3/c1-15-5-4-9-6-16-10-3-2-8(7-17(9)10)11(12,13)14/h2-3,6-7,15H,4-5H2,1H3. The first-order valence-electron chi connectivity index (χ1n) is 5.20. The van der Waals surface area contributed by atoms with Gasteiger partial charge in [0, 0.05) is 31.1 Å². The third-order valence-electron chi connectivity index (χ3n) is 2.54. The number of likely N-dealkylation sites (N-methyl/N-ethyl adjacent to an activating group) is 1. The zero-order chi connectivity index (χ0) is 12.5.